The summed E-state index contributed by atoms with van der Waals surface area (Å²) in [4.78, 5) is 12.9. The first-order chi connectivity index (χ1) is 7.69. The molecule has 0 saturated heterocycles. The summed E-state index contributed by atoms with van der Waals surface area (Å²) in [6, 6.07) is 3.70. The van der Waals surface area contributed by atoms with Crippen LogP contribution in [0.2, 0.25) is 0 Å². The molecule has 0 aromatic carbocycles. The van der Waals surface area contributed by atoms with Crippen molar-refractivity contribution < 1.29 is 9.53 Å². The van der Waals surface area contributed by atoms with E-state index in [-0.39, 0.29) is 5.97 Å². The molecule has 0 spiro atoms. The molecule has 0 radical (unpaired) electrons. The van der Waals surface area contributed by atoms with Crippen molar-refractivity contribution >= 4 is 22.9 Å². The van der Waals surface area contributed by atoms with Crippen molar-refractivity contribution in [3.05, 3.63) is 52.8 Å². The Bertz CT molecular complexity index is 439. The van der Waals surface area contributed by atoms with E-state index in [0.29, 0.717) is 4.88 Å². The van der Waals surface area contributed by atoms with Crippen LogP contribution in [-0.4, -0.2) is 13.1 Å². The van der Waals surface area contributed by atoms with Gasteiger partial charge in [-0.1, -0.05) is 30.9 Å². The first-order valence-electron chi connectivity index (χ1n) is 4.83. The lowest BCUT2D eigenvalue weighted by Gasteiger charge is -1.94. The van der Waals surface area contributed by atoms with Gasteiger partial charge in [-0.05, 0) is 24.6 Å². The summed E-state index contributed by atoms with van der Waals surface area (Å²) >= 11 is 1.43. The van der Waals surface area contributed by atoms with E-state index in [9.17, 15) is 4.79 Å². The molecule has 0 fully saturated rings. The molecule has 84 valence electrons. The number of hydrogen-bond acceptors (Lipinski definition) is 3. The molecule has 0 aliphatic heterocycles. The third-order valence-corrected chi connectivity index (χ3v) is 3.18. The summed E-state index contributed by atoms with van der Waals surface area (Å²) in [7, 11) is 1.39. The van der Waals surface area contributed by atoms with Crippen LogP contribution in [-0.2, 0) is 4.74 Å². The standard InChI is InChI=1S/C13H14O2S/c1-4-5-6-7-10(2)11-8-9-12(16-11)13(14)15-3/h4-9H,1H2,2-3H3. The molecule has 1 aromatic heterocycles. The number of methoxy groups -OCH3 is 1. The van der Waals surface area contributed by atoms with E-state index < -0.39 is 0 Å². The van der Waals surface area contributed by atoms with Gasteiger partial charge in [0.2, 0.25) is 0 Å². The lowest BCUT2D eigenvalue weighted by Crippen LogP contribution is -1.96. The van der Waals surface area contributed by atoms with Crippen molar-refractivity contribution in [1.29, 1.82) is 0 Å². The maximum atomic E-state index is 11.3. The molecular weight excluding hydrogens is 220 g/mol. The largest absolute Gasteiger partial charge is 0.465 e. The van der Waals surface area contributed by atoms with E-state index in [0.717, 1.165) is 10.5 Å². The Morgan fingerprint density at radius 2 is 2.06 bits per heavy atom. The number of carbonyl (C=O) groups excluding carboxylic acids is 1. The number of allylic oxidation sites excluding steroid dienone is 5. The third-order valence-electron chi connectivity index (χ3n) is 1.97. The molecule has 1 heterocycles. The Morgan fingerprint density at radius 1 is 1.38 bits per heavy atom. The molecule has 0 bridgehead atoms. The Hall–Kier alpha value is -1.61. The highest BCUT2D eigenvalue weighted by Crippen LogP contribution is 2.24. The van der Waals surface area contributed by atoms with Gasteiger partial charge in [0.15, 0.2) is 0 Å². The number of carbonyl (C=O) groups is 1. The zero-order valence-electron chi connectivity index (χ0n) is 9.40. The van der Waals surface area contributed by atoms with Gasteiger partial charge in [0.25, 0.3) is 0 Å². The highest BCUT2D eigenvalue weighted by atomic mass is 32.1. The van der Waals surface area contributed by atoms with Crippen LogP contribution in [0, 0.1) is 0 Å². The van der Waals surface area contributed by atoms with Crippen molar-refractivity contribution in [2.75, 3.05) is 7.11 Å². The predicted octanol–water partition coefficient (Wildman–Crippen LogP) is 3.68. The quantitative estimate of drug-likeness (QED) is 0.586. The van der Waals surface area contributed by atoms with E-state index in [4.69, 9.17) is 0 Å². The van der Waals surface area contributed by atoms with Crippen LogP contribution in [0.5, 0.6) is 0 Å². The summed E-state index contributed by atoms with van der Waals surface area (Å²) < 4.78 is 4.65. The monoisotopic (exact) mass is 234 g/mol. The molecular formula is C13H14O2S. The van der Waals surface area contributed by atoms with Crippen molar-refractivity contribution in [2.45, 2.75) is 6.92 Å². The third kappa shape index (κ3) is 3.21. The summed E-state index contributed by atoms with van der Waals surface area (Å²) in [6.07, 6.45) is 7.48. The minimum atomic E-state index is -0.286. The fourth-order valence-corrected chi connectivity index (χ4v) is 2.03. The number of hydrogen-bond donors (Lipinski definition) is 0. The second-order valence-corrected chi connectivity index (χ2v) is 4.21. The zero-order valence-corrected chi connectivity index (χ0v) is 10.2. The molecule has 3 heteroatoms. The highest BCUT2D eigenvalue weighted by Gasteiger charge is 2.09. The van der Waals surface area contributed by atoms with Crippen molar-refractivity contribution in [1.82, 2.24) is 0 Å². The zero-order chi connectivity index (χ0) is 12.0. The molecule has 0 unspecified atom stereocenters. The van der Waals surface area contributed by atoms with Crippen LogP contribution in [0.4, 0.5) is 0 Å². The number of rotatable bonds is 4. The van der Waals surface area contributed by atoms with Crippen molar-refractivity contribution in [3.8, 4) is 0 Å². The second-order valence-electron chi connectivity index (χ2n) is 3.13. The lowest BCUT2D eigenvalue weighted by atomic mass is 10.2. The summed E-state index contributed by atoms with van der Waals surface area (Å²) in [5.41, 5.74) is 1.11. The fraction of sp³-hybridized carbons (Fsp3) is 0.154. The van der Waals surface area contributed by atoms with E-state index in [1.54, 1.807) is 12.1 Å². The average molecular weight is 234 g/mol. The van der Waals surface area contributed by atoms with Gasteiger partial charge < -0.3 is 4.74 Å². The van der Waals surface area contributed by atoms with Gasteiger partial charge in [-0.25, -0.2) is 4.79 Å². The molecule has 0 aliphatic rings. The van der Waals surface area contributed by atoms with Gasteiger partial charge in [0.1, 0.15) is 4.88 Å². The molecule has 0 N–H and O–H groups in total. The SMILES string of the molecule is C=CC=CC=C(C)c1ccc(C(=O)OC)s1. The van der Waals surface area contributed by atoms with E-state index in [2.05, 4.69) is 11.3 Å². The molecule has 16 heavy (non-hydrogen) atoms. The van der Waals surface area contributed by atoms with Gasteiger partial charge in [-0.3, -0.25) is 0 Å². The minimum Gasteiger partial charge on any atom is -0.465 e. The Balaban J connectivity index is 2.85. The van der Waals surface area contributed by atoms with E-state index in [1.807, 2.05) is 31.2 Å². The predicted molar refractivity (Wildman–Crippen MR) is 68.6 cm³/mol. The first kappa shape index (κ1) is 12.5. The Morgan fingerprint density at radius 3 is 2.69 bits per heavy atom. The fourth-order valence-electron chi connectivity index (χ4n) is 1.12. The Labute approximate surface area is 99.6 Å². The van der Waals surface area contributed by atoms with Crippen LogP contribution in [0.15, 0.2) is 43.0 Å². The summed E-state index contributed by atoms with van der Waals surface area (Å²) in [5, 5.41) is 0. The molecule has 2 nitrogen and oxygen atoms in total. The molecule has 0 saturated carbocycles. The topological polar surface area (TPSA) is 26.3 Å². The minimum absolute atomic E-state index is 0.286. The molecule has 1 rings (SSSR count). The van der Waals surface area contributed by atoms with Gasteiger partial charge in [-0.2, -0.15) is 0 Å². The van der Waals surface area contributed by atoms with Crippen molar-refractivity contribution in [3.63, 3.8) is 0 Å². The Kier molecular flexibility index (Phi) is 4.73. The van der Waals surface area contributed by atoms with Crippen LogP contribution >= 0.6 is 11.3 Å². The van der Waals surface area contributed by atoms with Crippen LogP contribution in [0.3, 0.4) is 0 Å². The smallest absolute Gasteiger partial charge is 0.348 e. The van der Waals surface area contributed by atoms with E-state index >= 15 is 0 Å². The first-order valence-corrected chi connectivity index (χ1v) is 5.65. The molecule has 0 atom stereocenters. The normalized spacial score (nSPS) is 11.8. The van der Waals surface area contributed by atoms with Gasteiger partial charge in [0, 0.05) is 4.88 Å². The lowest BCUT2D eigenvalue weighted by molar-refractivity contribution is 0.0606. The van der Waals surface area contributed by atoms with Gasteiger partial charge >= 0.3 is 5.97 Å². The van der Waals surface area contributed by atoms with Crippen LogP contribution in [0.25, 0.3) is 5.57 Å². The van der Waals surface area contributed by atoms with Gasteiger partial charge in [-0.15, -0.1) is 11.3 Å². The van der Waals surface area contributed by atoms with Crippen molar-refractivity contribution in [2.24, 2.45) is 0 Å². The number of ether oxygens (including phenoxy) is 1. The maximum absolute atomic E-state index is 11.3. The number of esters is 1. The second kappa shape index (κ2) is 6.08. The number of thiophene rings is 1. The highest BCUT2D eigenvalue weighted by molar-refractivity contribution is 7.15. The maximum Gasteiger partial charge on any atom is 0.348 e. The molecule has 0 aliphatic carbocycles. The van der Waals surface area contributed by atoms with Crippen LogP contribution in [0.1, 0.15) is 21.5 Å². The molecule has 0 amide bonds. The average Bonchev–Trinajstić information content (AvgIpc) is 2.77. The molecule has 1 aromatic rings. The van der Waals surface area contributed by atoms with Crippen LogP contribution < -0.4 is 0 Å². The summed E-state index contributed by atoms with van der Waals surface area (Å²) in [6.45, 7) is 5.59. The summed E-state index contributed by atoms with van der Waals surface area (Å²) in [5.74, 6) is -0.286. The van der Waals surface area contributed by atoms with Gasteiger partial charge in [0.05, 0.1) is 7.11 Å². The van der Waals surface area contributed by atoms with E-state index in [1.165, 1.54) is 18.4 Å².